The number of nitrogens with zero attached hydrogens (tertiary/aromatic N) is 2. The molecule has 0 saturated carbocycles. The third-order valence-corrected chi connectivity index (χ3v) is 8.36. The quantitative estimate of drug-likeness (QED) is 0.722. The molecule has 0 bridgehead atoms. The summed E-state index contributed by atoms with van der Waals surface area (Å²) in [4.78, 5) is 15.7. The molecule has 176 valence electrons. The minimum atomic E-state index is -3.65. The van der Waals surface area contributed by atoms with Crippen molar-refractivity contribution in [3.8, 4) is 5.75 Å². The number of morpholine rings is 1. The number of piperidine rings is 1. The standard InChI is InChI=1S/C24H29N3O5S/c28-24(25-19-4-7-23-18(16-19)8-13-32-23)21-17-20(33(29,30)27-9-2-1-3-10-27)5-6-22(21)26-11-14-31-15-12-26/h4-7,16-17H,1-3,8-15H2,(H,25,28). The van der Waals surface area contributed by atoms with E-state index in [0.29, 0.717) is 57.3 Å². The third kappa shape index (κ3) is 4.58. The minimum absolute atomic E-state index is 0.161. The first kappa shape index (κ1) is 22.2. The number of carbonyl (C=O) groups excluding carboxylic acids is 1. The zero-order valence-corrected chi connectivity index (χ0v) is 19.4. The van der Waals surface area contributed by atoms with Crippen LogP contribution in [-0.2, 0) is 21.2 Å². The Kier molecular flexibility index (Phi) is 6.27. The first-order chi connectivity index (χ1) is 16.0. The number of ether oxygens (including phenoxy) is 2. The maximum atomic E-state index is 13.4. The summed E-state index contributed by atoms with van der Waals surface area (Å²) in [6.45, 7) is 4.12. The molecule has 1 N–H and O–H groups in total. The number of fused-ring (bicyclic) bond motifs is 1. The number of hydrogen-bond acceptors (Lipinski definition) is 6. The van der Waals surface area contributed by atoms with E-state index >= 15 is 0 Å². The molecule has 9 heteroatoms. The number of hydrogen-bond donors (Lipinski definition) is 1. The highest BCUT2D eigenvalue weighted by atomic mass is 32.2. The highest BCUT2D eigenvalue weighted by molar-refractivity contribution is 7.89. The predicted octanol–water partition coefficient (Wildman–Crippen LogP) is 2.89. The van der Waals surface area contributed by atoms with E-state index in [9.17, 15) is 13.2 Å². The topological polar surface area (TPSA) is 88.2 Å². The van der Waals surface area contributed by atoms with Crippen LogP contribution < -0.4 is 15.0 Å². The lowest BCUT2D eigenvalue weighted by molar-refractivity contribution is 0.102. The Bertz CT molecular complexity index is 1140. The molecule has 0 radical (unpaired) electrons. The van der Waals surface area contributed by atoms with Gasteiger partial charge in [0.15, 0.2) is 0 Å². The van der Waals surface area contributed by atoms with Crippen molar-refractivity contribution in [2.45, 2.75) is 30.6 Å². The minimum Gasteiger partial charge on any atom is -0.493 e. The van der Waals surface area contributed by atoms with Crippen molar-refractivity contribution in [2.24, 2.45) is 0 Å². The van der Waals surface area contributed by atoms with Crippen molar-refractivity contribution in [3.63, 3.8) is 0 Å². The first-order valence-electron chi connectivity index (χ1n) is 11.6. The van der Waals surface area contributed by atoms with Gasteiger partial charge in [-0.25, -0.2) is 8.42 Å². The molecule has 0 unspecified atom stereocenters. The fourth-order valence-electron chi connectivity index (χ4n) is 4.65. The summed E-state index contributed by atoms with van der Waals surface area (Å²) < 4.78 is 39.1. The molecule has 2 saturated heterocycles. The molecule has 0 spiro atoms. The molecule has 3 aliphatic rings. The zero-order valence-electron chi connectivity index (χ0n) is 18.6. The normalized spacial score (nSPS) is 19.1. The van der Waals surface area contributed by atoms with E-state index in [2.05, 4.69) is 10.2 Å². The molecule has 2 aromatic rings. The van der Waals surface area contributed by atoms with Crippen LogP contribution in [0.15, 0.2) is 41.3 Å². The van der Waals surface area contributed by atoms with E-state index < -0.39 is 10.0 Å². The van der Waals surface area contributed by atoms with Crippen molar-refractivity contribution < 1.29 is 22.7 Å². The Labute approximate surface area is 194 Å². The van der Waals surface area contributed by atoms with Crippen LogP contribution in [-0.4, -0.2) is 64.6 Å². The lowest BCUT2D eigenvalue weighted by Crippen LogP contribution is -2.38. The van der Waals surface area contributed by atoms with Gasteiger partial charge in [-0.05, 0) is 54.8 Å². The van der Waals surface area contributed by atoms with E-state index in [-0.39, 0.29) is 10.8 Å². The van der Waals surface area contributed by atoms with Crippen LogP contribution >= 0.6 is 0 Å². The number of anilines is 2. The summed E-state index contributed by atoms with van der Waals surface area (Å²) in [6.07, 6.45) is 3.57. The van der Waals surface area contributed by atoms with E-state index in [4.69, 9.17) is 9.47 Å². The number of benzene rings is 2. The van der Waals surface area contributed by atoms with E-state index in [1.165, 1.54) is 10.4 Å². The van der Waals surface area contributed by atoms with Gasteiger partial charge in [0.2, 0.25) is 10.0 Å². The average Bonchev–Trinajstić information content (AvgIpc) is 3.33. The molecule has 3 heterocycles. The summed E-state index contributed by atoms with van der Waals surface area (Å²) in [7, 11) is -3.65. The molecule has 0 aromatic heterocycles. The van der Waals surface area contributed by atoms with Gasteiger partial charge in [-0.1, -0.05) is 6.42 Å². The van der Waals surface area contributed by atoms with Crippen molar-refractivity contribution in [3.05, 3.63) is 47.5 Å². The van der Waals surface area contributed by atoms with Crippen LogP contribution in [0.1, 0.15) is 35.2 Å². The van der Waals surface area contributed by atoms with Gasteiger partial charge >= 0.3 is 0 Å². The molecule has 33 heavy (non-hydrogen) atoms. The third-order valence-electron chi connectivity index (χ3n) is 6.46. The average molecular weight is 472 g/mol. The number of nitrogens with one attached hydrogen (secondary N) is 1. The number of amides is 1. The van der Waals surface area contributed by atoms with E-state index in [1.807, 2.05) is 18.2 Å². The summed E-state index contributed by atoms with van der Waals surface area (Å²) in [5, 5.41) is 2.96. The van der Waals surface area contributed by atoms with E-state index in [1.54, 1.807) is 12.1 Å². The Morgan fingerprint density at radius 3 is 2.48 bits per heavy atom. The monoisotopic (exact) mass is 471 g/mol. The number of sulfonamides is 1. The van der Waals surface area contributed by atoms with Crippen molar-refractivity contribution >= 4 is 27.3 Å². The van der Waals surface area contributed by atoms with Gasteiger partial charge in [-0.2, -0.15) is 4.31 Å². The Morgan fingerprint density at radius 1 is 0.909 bits per heavy atom. The second kappa shape index (κ2) is 9.32. The van der Waals surface area contributed by atoms with Gasteiger partial charge in [-0.15, -0.1) is 0 Å². The molecule has 8 nitrogen and oxygen atoms in total. The maximum absolute atomic E-state index is 13.4. The largest absolute Gasteiger partial charge is 0.493 e. The molecular formula is C24H29N3O5S. The van der Waals surface area contributed by atoms with Crippen LogP contribution in [0.2, 0.25) is 0 Å². The van der Waals surface area contributed by atoms with Gasteiger partial charge in [0.25, 0.3) is 5.91 Å². The van der Waals surface area contributed by atoms with Gasteiger partial charge in [0, 0.05) is 44.0 Å². The lowest BCUT2D eigenvalue weighted by atomic mass is 10.1. The van der Waals surface area contributed by atoms with Crippen molar-refractivity contribution in [2.75, 3.05) is 56.2 Å². The molecule has 2 fully saturated rings. The Balaban J connectivity index is 1.48. The van der Waals surface area contributed by atoms with Gasteiger partial charge in [-0.3, -0.25) is 4.79 Å². The smallest absolute Gasteiger partial charge is 0.257 e. The van der Waals surface area contributed by atoms with Crippen LogP contribution in [0.25, 0.3) is 0 Å². The van der Waals surface area contributed by atoms with Crippen LogP contribution in [0, 0.1) is 0 Å². The SMILES string of the molecule is O=C(Nc1ccc2c(c1)CCO2)c1cc(S(=O)(=O)N2CCCCC2)ccc1N1CCOCC1. The summed E-state index contributed by atoms with van der Waals surface area (Å²) >= 11 is 0. The molecule has 1 amide bonds. The second-order valence-corrected chi connectivity index (χ2v) is 10.6. The summed E-state index contributed by atoms with van der Waals surface area (Å²) in [5.74, 6) is 0.516. The molecule has 2 aromatic carbocycles. The van der Waals surface area contributed by atoms with Gasteiger partial charge in [0.1, 0.15) is 5.75 Å². The highest BCUT2D eigenvalue weighted by Crippen LogP contribution is 2.31. The first-order valence-corrected chi connectivity index (χ1v) is 13.0. The Hall–Kier alpha value is -2.62. The van der Waals surface area contributed by atoms with Crippen LogP contribution in [0.5, 0.6) is 5.75 Å². The summed E-state index contributed by atoms with van der Waals surface area (Å²) in [5.41, 5.74) is 2.80. The van der Waals surface area contributed by atoms with E-state index in [0.717, 1.165) is 42.7 Å². The highest BCUT2D eigenvalue weighted by Gasteiger charge is 2.29. The number of rotatable bonds is 5. The zero-order chi connectivity index (χ0) is 22.8. The van der Waals surface area contributed by atoms with Gasteiger partial charge in [0.05, 0.1) is 30.3 Å². The Morgan fingerprint density at radius 2 is 1.70 bits per heavy atom. The van der Waals surface area contributed by atoms with Gasteiger partial charge < -0.3 is 19.7 Å². The molecule has 3 aliphatic heterocycles. The molecule has 0 atom stereocenters. The number of carbonyl (C=O) groups is 1. The van der Waals surface area contributed by atoms with Crippen LogP contribution in [0.3, 0.4) is 0 Å². The molecule has 0 aliphatic carbocycles. The second-order valence-electron chi connectivity index (χ2n) is 8.62. The molecular weight excluding hydrogens is 442 g/mol. The van der Waals surface area contributed by atoms with Crippen molar-refractivity contribution in [1.82, 2.24) is 4.31 Å². The molecule has 5 rings (SSSR count). The van der Waals surface area contributed by atoms with Crippen molar-refractivity contribution in [1.29, 1.82) is 0 Å². The fraction of sp³-hybridized carbons (Fsp3) is 0.458. The lowest BCUT2D eigenvalue weighted by Gasteiger charge is -2.31. The predicted molar refractivity (Wildman–Crippen MR) is 126 cm³/mol. The summed E-state index contributed by atoms with van der Waals surface area (Å²) in [6, 6.07) is 10.5. The van der Waals surface area contributed by atoms with Crippen LogP contribution in [0.4, 0.5) is 11.4 Å². The maximum Gasteiger partial charge on any atom is 0.257 e. The fourth-order valence-corrected chi connectivity index (χ4v) is 6.20.